The van der Waals surface area contributed by atoms with Crippen LogP contribution in [0.4, 0.5) is 0 Å². The fourth-order valence-electron chi connectivity index (χ4n) is 5.25. The Morgan fingerprint density at radius 1 is 1.39 bits per heavy atom. The van der Waals surface area contributed by atoms with Gasteiger partial charge >= 0.3 is 0 Å². The third-order valence-electron chi connectivity index (χ3n) is 6.64. The molecule has 0 aliphatic carbocycles. The van der Waals surface area contributed by atoms with Gasteiger partial charge in [0, 0.05) is 43.3 Å². The molecule has 0 unspecified atom stereocenters. The fraction of sp³-hybridized carbons (Fsp3) is 0.650. The number of hydrogen-bond donors (Lipinski definition) is 1. The average molecular weight is 403 g/mol. The Balaban J connectivity index is 1.25. The van der Waals surface area contributed by atoms with Crippen molar-refractivity contribution < 1.29 is 13.9 Å². The summed E-state index contributed by atoms with van der Waals surface area (Å²) in [6, 6.07) is 0. The Hall–Kier alpha value is -1.77. The van der Waals surface area contributed by atoms with Gasteiger partial charge in [0.1, 0.15) is 11.3 Å². The van der Waals surface area contributed by atoms with Crippen LogP contribution in [0.3, 0.4) is 0 Å². The van der Waals surface area contributed by atoms with Crippen molar-refractivity contribution in [3.63, 3.8) is 0 Å². The van der Waals surface area contributed by atoms with E-state index in [1.807, 2.05) is 0 Å². The number of hydrogen-bond acceptors (Lipinski definition) is 7. The van der Waals surface area contributed by atoms with E-state index in [4.69, 9.17) is 14.1 Å². The van der Waals surface area contributed by atoms with Crippen LogP contribution in [0, 0.1) is 32.6 Å². The highest BCUT2D eigenvalue weighted by atomic mass is 32.1. The molecule has 5 heterocycles. The molecule has 5 rings (SSSR count). The minimum atomic E-state index is -0.169. The van der Waals surface area contributed by atoms with Gasteiger partial charge in [-0.2, -0.15) is 0 Å². The molecule has 8 heteroatoms. The summed E-state index contributed by atoms with van der Waals surface area (Å²) >= 11 is 1.79. The van der Waals surface area contributed by atoms with Crippen LogP contribution in [0.2, 0.25) is 0 Å². The molecule has 3 saturated heterocycles. The van der Waals surface area contributed by atoms with Crippen molar-refractivity contribution in [1.82, 2.24) is 20.2 Å². The maximum atomic E-state index is 12.4. The Bertz CT molecular complexity index is 890. The zero-order valence-electron chi connectivity index (χ0n) is 16.5. The Morgan fingerprint density at radius 3 is 2.96 bits per heavy atom. The number of likely N-dealkylation sites (tertiary alicyclic amines) is 1. The lowest BCUT2D eigenvalue weighted by Gasteiger charge is -2.29. The summed E-state index contributed by atoms with van der Waals surface area (Å²) in [5, 5.41) is 4.24. The first-order valence-electron chi connectivity index (χ1n) is 9.97. The minimum absolute atomic E-state index is 0.0358. The van der Waals surface area contributed by atoms with E-state index in [1.165, 1.54) is 16.1 Å². The van der Waals surface area contributed by atoms with Crippen molar-refractivity contribution in [3.05, 3.63) is 33.4 Å². The lowest BCUT2D eigenvalue weighted by atomic mass is 9.73. The first-order valence-corrected chi connectivity index (χ1v) is 10.8. The van der Waals surface area contributed by atoms with Crippen molar-refractivity contribution in [2.24, 2.45) is 11.8 Å². The number of nitrogens with one attached hydrogen (secondary N) is 1. The van der Waals surface area contributed by atoms with Gasteiger partial charge in [0.2, 0.25) is 0 Å². The average Bonchev–Trinajstić information content (AvgIpc) is 3.42. The van der Waals surface area contributed by atoms with E-state index in [9.17, 15) is 4.79 Å². The summed E-state index contributed by atoms with van der Waals surface area (Å²) in [6.07, 6.45) is 3.89. The maximum absolute atomic E-state index is 12.4. The predicted molar refractivity (Wildman–Crippen MR) is 104 cm³/mol. The molecule has 3 aliphatic rings. The lowest BCUT2D eigenvalue weighted by molar-refractivity contribution is 0.00212. The Labute approximate surface area is 168 Å². The normalized spacial score (nSPS) is 31.5. The van der Waals surface area contributed by atoms with Crippen LogP contribution < -0.4 is 5.32 Å². The number of aromatic nitrogens is 2. The molecule has 28 heavy (non-hydrogen) atoms. The van der Waals surface area contributed by atoms with Gasteiger partial charge in [-0.25, -0.2) is 9.97 Å². The number of aryl methyl sites for hydroxylation is 3. The first-order chi connectivity index (χ1) is 13.4. The molecule has 1 N–H and O–H groups in total. The summed E-state index contributed by atoms with van der Waals surface area (Å²) in [4.78, 5) is 25.0. The summed E-state index contributed by atoms with van der Waals surface area (Å²) < 4.78 is 11.6. The van der Waals surface area contributed by atoms with Crippen molar-refractivity contribution in [1.29, 1.82) is 0 Å². The number of fused-ring (bicyclic) bond motifs is 1. The van der Waals surface area contributed by atoms with Crippen LogP contribution in [-0.2, 0) is 11.3 Å². The maximum Gasteiger partial charge on any atom is 0.273 e. The molecule has 0 saturated carbocycles. The number of ether oxygens (including phenoxy) is 1. The van der Waals surface area contributed by atoms with Crippen molar-refractivity contribution in [2.45, 2.75) is 51.9 Å². The SMILES string of the molecule is Cc1nc(C(=O)NC[C@H]2[C@H]3CN(Cc4nc(C)c(C)s4)C[C@]34CC[C@H]2O4)co1. The second kappa shape index (κ2) is 6.64. The molecule has 150 valence electrons. The summed E-state index contributed by atoms with van der Waals surface area (Å²) in [6.45, 7) is 9.45. The second-order valence-electron chi connectivity index (χ2n) is 8.41. The number of oxazole rings is 1. The second-order valence-corrected chi connectivity index (χ2v) is 9.70. The summed E-state index contributed by atoms with van der Waals surface area (Å²) in [7, 11) is 0. The van der Waals surface area contributed by atoms with Crippen LogP contribution in [0.25, 0.3) is 0 Å². The van der Waals surface area contributed by atoms with Gasteiger partial charge in [-0.15, -0.1) is 11.3 Å². The predicted octanol–water partition coefficient (Wildman–Crippen LogP) is 2.47. The number of amides is 1. The molecular weight excluding hydrogens is 376 g/mol. The Kier molecular flexibility index (Phi) is 4.33. The van der Waals surface area contributed by atoms with E-state index < -0.39 is 0 Å². The van der Waals surface area contributed by atoms with E-state index in [-0.39, 0.29) is 17.6 Å². The van der Waals surface area contributed by atoms with E-state index in [0.717, 1.165) is 38.2 Å². The summed E-state index contributed by atoms with van der Waals surface area (Å²) in [5.41, 5.74) is 1.45. The van der Waals surface area contributed by atoms with Gasteiger partial charge in [-0.1, -0.05) is 0 Å². The number of rotatable bonds is 5. The van der Waals surface area contributed by atoms with E-state index in [1.54, 1.807) is 18.3 Å². The lowest BCUT2D eigenvalue weighted by Crippen LogP contribution is -2.42. The third-order valence-corrected chi connectivity index (χ3v) is 7.69. The topological polar surface area (TPSA) is 80.5 Å². The molecule has 2 aromatic rings. The molecule has 3 aliphatic heterocycles. The summed E-state index contributed by atoms with van der Waals surface area (Å²) in [5.74, 6) is 1.16. The van der Waals surface area contributed by atoms with Gasteiger partial charge in [0.15, 0.2) is 11.6 Å². The van der Waals surface area contributed by atoms with E-state index in [2.05, 4.69) is 29.0 Å². The molecular formula is C20H26N4O3S. The zero-order chi connectivity index (χ0) is 19.5. The van der Waals surface area contributed by atoms with Crippen molar-refractivity contribution >= 4 is 17.2 Å². The van der Waals surface area contributed by atoms with Crippen LogP contribution in [0.5, 0.6) is 0 Å². The highest BCUT2D eigenvalue weighted by Crippen LogP contribution is 2.54. The smallest absolute Gasteiger partial charge is 0.273 e. The van der Waals surface area contributed by atoms with Crippen LogP contribution in [0.1, 0.15) is 44.8 Å². The van der Waals surface area contributed by atoms with Gasteiger partial charge in [-0.05, 0) is 26.7 Å². The Morgan fingerprint density at radius 2 is 2.25 bits per heavy atom. The molecule has 7 nitrogen and oxygen atoms in total. The molecule has 1 spiro atoms. The molecule has 0 aromatic carbocycles. The van der Waals surface area contributed by atoms with Gasteiger partial charge in [-0.3, -0.25) is 9.69 Å². The van der Waals surface area contributed by atoms with Crippen LogP contribution in [0.15, 0.2) is 10.7 Å². The highest BCUT2D eigenvalue weighted by molar-refractivity contribution is 7.11. The number of nitrogens with zero attached hydrogens (tertiary/aromatic N) is 3. The molecule has 0 radical (unpaired) electrons. The number of thiazole rings is 1. The molecule has 2 aromatic heterocycles. The van der Waals surface area contributed by atoms with Crippen molar-refractivity contribution in [2.75, 3.05) is 19.6 Å². The number of carbonyl (C=O) groups excluding carboxylic acids is 1. The van der Waals surface area contributed by atoms with Gasteiger partial charge in [0.25, 0.3) is 5.91 Å². The standard InChI is InChI=1S/C20H26N4O3S/c1-11-12(2)28-18(22-11)8-24-7-15-14(17-4-5-20(15,10-24)27-17)6-21-19(25)16-9-26-13(3)23-16/h9,14-15,17H,4-8,10H2,1-3H3,(H,21,25)/t14-,15+,17+,20+/m0/s1. The fourth-order valence-corrected chi connectivity index (χ4v) is 6.22. The van der Waals surface area contributed by atoms with E-state index >= 15 is 0 Å². The van der Waals surface area contributed by atoms with Gasteiger partial charge < -0.3 is 14.5 Å². The third kappa shape index (κ3) is 2.98. The molecule has 1 amide bonds. The van der Waals surface area contributed by atoms with Crippen molar-refractivity contribution in [3.8, 4) is 0 Å². The minimum Gasteiger partial charge on any atom is -0.448 e. The monoisotopic (exact) mass is 402 g/mol. The quantitative estimate of drug-likeness (QED) is 0.828. The molecule has 4 atom stereocenters. The first kappa shape index (κ1) is 18.3. The molecule has 2 bridgehead atoms. The largest absolute Gasteiger partial charge is 0.448 e. The van der Waals surface area contributed by atoms with Gasteiger partial charge in [0.05, 0.1) is 23.9 Å². The van der Waals surface area contributed by atoms with Crippen LogP contribution >= 0.6 is 11.3 Å². The van der Waals surface area contributed by atoms with E-state index in [0.29, 0.717) is 30.0 Å². The molecule has 3 fully saturated rings. The van der Waals surface area contributed by atoms with Crippen LogP contribution in [-0.4, -0.2) is 52.1 Å². The highest BCUT2D eigenvalue weighted by Gasteiger charge is 2.62. The number of carbonyl (C=O) groups is 1. The zero-order valence-corrected chi connectivity index (χ0v) is 17.3.